The van der Waals surface area contributed by atoms with Gasteiger partial charge in [-0.3, -0.25) is 4.79 Å². The number of esters is 1. The van der Waals surface area contributed by atoms with Gasteiger partial charge in [-0.2, -0.15) is 0 Å². The topological polar surface area (TPSA) is 67.8 Å². The molecule has 1 N–H and O–H groups in total. The average molecular weight is 340 g/mol. The molecule has 5 nitrogen and oxygen atoms in total. The first-order valence-electron chi connectivity index (χ1n) is 8.00. The summed E-state index contributed by atoms with van der Waals surface area (Å²) in [5, 5.41) is 3.39. The molecule has 4 rings (SSSR count). The first-order chi connectivity index (χ1) is 11.7. The van der Waals surface area contributed by atoms with E-state index >= 15 is 0 Å². The largest absolute Gasteiger partial charge is 0.462 e. The summed E-state index contributed by atoms with van der Waals surface area (Å²) in [5.74, 6) is -0.581. The van der Waals surface area contributed by atoms with Gasteiger partial charge in [0.25, 0.3) is 5.91 Å². The van der Waals surface area contributed by atoms with Crippen LogP contribution in [0.25, 0.3) is 0 Å². The summed E-state index contributed by atoms with van der Waals surface area (Å²) < 4.78 is 5.21. The number of hydrogen-bond donors (Lipinski definition) is 1. The van der Waals surface area contributed by atoms with Gasteiger partial charge in [0, 0.05) is 10.4 Å². The third-order valence-corrected chi connectivity index (χ3v) is 5.43. The number of fused-ring (bicyclic) bond motifs is 2. The highest BCUT2D eigenvalue weighted by Crippen LogP contribution is 2.42. The maximum atomic E-state index is 12.4. The monoisotopic (exact) mass is 340 g/mol. The Morgan fingerprint density at radius 1 is 1.33 bits per heavy atom. The number of anilines is 1. The number of carbonyl (C=O) groups excluding carboxylic acids is 2. The quantitative estimate of drug-likeness (QED) is 0.870. The molecule has 2 heterocycles. The number of benzene rings is 1. The summed E-state index contributed by atoms with van der Waals surface area (Å²) in [6, 6.07) is 7.44. The van der Waals surface area contributed by atoms with Crippen LogP contribution >= 0.6 is 11.3 Å². The summed E-state index contributed by atoms with van der Waals surface area (Å²) in [7, 11) is 0. The third-order valence-electron chi connectivity index (χ3n) is 4.24. The van der Waals surface area contributed by atoms with Crippen LogP contribution in [-0.4, -0.2) is 24.2 Å². The summed E-state index contributed by atoms with van der Waals surface area (Å²) in [6.45, 7) is 2.11. The van der Waals surface area contributed by atoms with Gasteiger partial charge in [0.05, 0.1) is 17.9 Å². The molecule has 1 aromatic heterocycles. The number of aliphatic imine (C=N–C) groups is 1. The molecule has 1 amide bonds. The van der Waals surface area contributed by atoms with Gasteiger partial charge < -0.3 is 10.1 Å². The van der Waals surface area contributed by atoms with Crippen LogP contribution in [0.3, 0.4) is 0 Å². The molecule has 122 valence electrons. The lowest BCUT2D eigenvalue weighted by Crippen LogP contribution is -2.14. The smallest absolute Gasteiger partial charge is 0.341 e. The van der Waals surface area contributed by atoms with Gasteiger partial charge in [-0.05, 0) is 37.8 Å². The van der Waals surface area contributed by atoms with Crippen LogP contribution in [0.2, 0.25) is 0 Å². The van der Waals surface area contributed by atoms with Crippen molar-refractivity contribution in [2.24, 2.45) is 4.99 Å². The molecule has 0 atom stereocenters. The van der Waals surface area contributed by atoms with Crippen molar-refractivity contribution in [2.45, 2.75) is 26.2 Å². The van der Waals surface area contributed by atoms with Gasteiger partial charge in [-0.25, -0.2) is 9.79 Å². The van der Waals surface area contributed by atoms with E-state index in [0.29, 0.717) is 22.9 Å². The van der Waals surface area contributed by atoms with Crippen molar-refractivity contribution in [2.75, 3.05) is 11.9 Å². The Morgan fingerprint density at radius 2 is 2.17 bits per heavy atom. The zero-order valence-electron chi connectivity index (χ0n) is 13.2. The zero-order valence-corrected chi connectivity index (χ0v) is 14.0. The van der Waals surface area contributed by atoms with E-state index in [2.05, 4.69) is 10.3 Å². The number of thiophene rings is 1. The SMILES string of the molecule is CCOC(=O)c1c(N=C2C(=O)Nc3ccccc32)sc2c1CCC2. The lowest BCUT2D eigenvalue weighted by Gasteiger charge is -2.04. The molecule has 2 aromatic rings. The van der Waals surface area contributed by atoms with E-state index < -0.39 is 0 Å². The average Bonchev–Trinajstić information content (AvgIpc) is 3.21. The number of rotatable bonds is 3. The van der Waals surface area contributed by atoms with Crippen molar-refractivity contribution in [3.05, 3.63) is 45.8 Å². The Hall–Kier alpha value is -2.47. The fourth-order valence-corrected chi connectivity index (χ4v) is 4.45. The molecule has 2 aliphatic rings. The number of aryl methyl sites for hydroxylation is 1. The molecule has 0 bridgehead atoms. The van der Waals surface area contributed by atoms with Crippen molar-refractivity contribution >= 4 is 39.6 Å². The van der Waals surface area contributed by atoms with E-state index in [4.69, 9.17) is 4.74 Å². The van der Waals surface area contributed by atoms with Crippen LogP contribution < -0.4 is 5.32 Å². The van der Waals surface area contributed by atoms with Gasteiger partial charge in [-0.1, -0.05) is 18.2 Å². The van der Waals surface area contributed by atoms with Crippen LogP contribution in [0.1, 0.15) is 39.7 Å². The lowest BCUT2D eigenvalue weighted by molar-refractivity contribution is -0.110. The zero-order chi connectivity index (χ0) is 16.7. The molecule has 24 heavy (non-hydrogen) atoms. The number of nitrogens with zero attached hydrogens (tertiary/aromatic N) is 1. The van der Waals surface area contributed by atoms with E-state index in [1.54, 1.807) is 6.92 Å². The molecule has 0 fully saturated rings. The summed E-state index contributed by atoms with van der Waals surface area (Å²) in [5.41, 5.74) is 3.47. The number of hydrogen-bond acceptors (Lipinski definition) is 5. The van der Waals surface area contributed by atoms with Crippen molar-refractivity contribution in [1.82, 2.24) is 0 Å². The standard InChI is InChI=1S/C18H16N2O3S/c1-2-23-18(22)14-11-7-5-9-13(11)24-17(14)20-15-10-6-3-4-8-12(10)19-16(15)21/h3-4,6,8H,2,5,7,9H2,1H3,(H,19,20,21). The van der Waals surface area contributed by atoms with Crippen LogP contribution in [0.5, 0.6) is 0 Å². The first kappa shape index (κ1) is 15.1. The molecule has 1 aliphatic heterocycles. The number of nitrogens with one attached hydrogen (secondary N) is 1. The predicted molar refractivity (Wildman–Crippen MR) is 93.6 cm³/mol. The van der Waals surface area contributed by atoms with Crippen molar-refractivity contribution in [3.8, 4) is 0 Å². The molecule has 6 heteroatoms. The second-order valence-corrected chi connectivity index (χ2v) is 6.80. The minimum Gasteiger partial charge on any atom is -0.462 e. The Labute approximate surface area is 143 Å². The Kier molecular flexibility index (Phi) is 3.69. The molecular formula is C18H16N2O3S. The number of ether oxygens (including phenoxy) is 1. The van der Waals surface area contributed by atoms with E-state index in [0.717, 1.165) is 36.1 Å². The predicted octanol–water partition coefficient (Wildman–Crippen LogP) is 3.49. The lowest BCUT2D eigenvalue weighted by atomic mass is 10.1. The molecular weight excluding hydrogens is 324 g/mol. The van der Waals surface area contributed by atoms with E-state index in [-0.39, 0.29) is 11.9 Å². The molecule has 0 spiro atoms. The summed E-state index contributed by atoms with van der Waals surface area (Å²) >= 11 is 1.50. The Bertz CT molecular complexity index is 882. The number of carbonyl (C=O) groups is 2. The molecule has 0 radical (unpaired) electrons. The van der Waals surface area contributed by atoms with E-state index in [9.17, 15) is 9.59 Å². The molecule has 0 unspecified atom stereocenters. The van der Waals surface area contributed by atoms with Crippen LogP contribution in [0.4, 0.5) is 10.7 Å². The molecule has 1 aliphatic carbocycles. The molecule has 1 aromatic carbocycles. The highest BCUT2D eigenvalue weighted by atomic mass is 32.1. The second kappa shape index (κ2) is 5.87. The highest BCUT2D eigenvalue weighted by Gasteiger charge is 2.30. The van der Waals surface area contributed by atoms with Crippen molar-refractivity contribution in [3.63, 3.8) is 0 Å². The highest BCUT2D eigenvalue weighted by molar-refractivity contribution is 7.16. The van der Waals surface area contributed by atoms with E-state index in [1.165, 1.54) is 16.2 Å². The third kappa shape index (κ3) is 2.34. The van der Waals surface area contributed by atoms with Gasteiger partial charge in [0.1, 0.15) is 10.7 Å². The van der Waals surface area contributed by atoms with Gasteiger partial charge in [0.15, 0.2) is 0 Å². The van der Waals surface area contributed by atoms with Crippen LogP contribution in [-0.2, 0) is 22.4 Å². The minimum absolute atomic E-state index is 0.237. The Balaban J connectivity index is 1.83. The normalized spacial score (nSPS) is 16.9. The first-order valence-corrected chi connectivity index (χ1v) is 8.81. The van der Waals surface area contributed by atoms with Gasteiger partial charge in [-0.15, -0.1) is 11.3 Å². The Morgan fingerprint density at radius 3 is 3.00 bits per heavy atom. The minimum atomic E-state index is -0.344. The van der Waals surface area contributed by atoms with Crippen LogP contribution in [0.15, 0.2) is 29.3 Å². The maximum absolute atomic E-state index is 12.4. The fourth-order valence-electron chi connectivity index (χ4n) is 3.20. The van der Waals surface area contributed by atoms with Crippen molar-refractivity contribution in [1.29, 1.82) is 0 Å². The fraction of sp³-hybridized carbons (Fsp3) is 0.278. The number of amides is 1. The van der Waals surface area contributed by atoms with Gasteiger partial charge in [0.2, 0.25) is 0 Å². The number of para-hydroxylation sites is 1. The maximum Gasteiger partial charge on any atom is 0.341 e. The van der Waals surface area contributed by atoms with Crippen molar-refractivity contribution < 1.29 is 14.3 Å². The van der Waals surface area contributed by atoms with Gasteiger partial charge >= 0.3 is 5.97 Å². The summed E-state index contributed by atoms with van der Waals surface area (Å²) in [6.07, 6.45) is 2.88. The van der Waals surface area contributed by atoms with Crippen LogP contribution in [0, 0.1) is 0 Å². The van der Waals surface area contributed by atoms with E-state index in [1.807, 2.05) is 24.3 Å². The second-order valence-electron chi connectivity index (χ2n) is 5.72. The summed E-state index contributed by atoms with van der Waals surface area (Å²) in [4.78, 5) is 30.4. The molecule has 0 saturated carbocycles. The molecule has 0 saturated heterocycles.